The number of aryl methyl sites for hydroxylation is 1. The minimum atomic E-state index is -0.329. The smallest absolute Gasteiger partial charge is 0.268 e. The molecule has 0 atom stereocenters. The number of hydrogen-bond donors (Lipinski definition) is 2. The van der Waals surface area contributed by atoms with Crippen molar-refractivity contribution in [3.63, 3.8) is 0 Å². The zero-order chi connectivity index (χ0) is 15.8. The second kappa shape index (κ2) is 5.44. The second-order valence-electron chi connectivity index (χ2n) is 6.92. The van der Waals surface area contributed by atoms with Gasteiger partial charge in [0.1, 0.15) is 11.5 Å². The highest BCUT2D eigenvalue weighted by Crippen LogP contribution is 2.29. The number of nitrogen functional groups attached to an aromatic ring is 1. The van der Waals surface area contributed by atoms with Crippen LogP contribution in [0.3, 0.4) is 0 Å². The standard InChI is InChI=1S/C15H25N3O3/c1-10-12(13(19)17-16)6-11(20-10)7-18-8-14(2,3)21-15(4,5)9-18/h6H,7-9,16H2,1-5H3,(H,17,19). The first-order valence-corrected chi connectivity index (χ1v) is 7.15. The molecular formula is C15H25N3O3. The summed E-state index contributed by atoms with van der Waals surface area (Å²) >= 11 is 0. The summed E-state index contributed by atoms with van der Waals surface area (Å²) in [6, 6.07) is 1.76. The first-order valence-electron chi connectivity index (χ1n) is 7.15. The van der Waals surface area contributed by atoms with Crippen LogP contribution in [0.1, 0.15) is 49.6 Å². The fraction of sp³-hybridized carbons (Fsp3) is 0.667. The van der Waals surface area contributed by atoms with Crippen LogP contribution in [-0.2, 0) is 11.3 Å². The lowest BCUT2D eigenvalue weighted by Gasteiger charge is -2.47. The molecule has 2 rings (SSSR count). The Hall–Kier alpha value is -1.37. The van der Waals surface area contributed by atoms with Crippen molar-refractivity contribution in [1.29, 1.82) is 0 Å². The number of carbonyl (C=O) groups excluding carboxylic acids is 1. The first-order chi connectivity index (χ1) is 9.62. The van der Waals surface area contributed by atoms with E-state index >= 15 is 0 Å². The van der Waals surface area contributed by atoms with Crippen LogP contribution in [0, 0.1) is 6.92 Å². The zero-order valence-corrected chi connectivity index (χ0v) is 13.4. The molecule has 1 aliphatic rings. The van der Waals surface area contributed by atoms with E-state index in [2.05, 4.69) is 38.0 Å². The van der Waals surface area contributed by atoms with Crippen LogP contribution in [0.5, 0.6) is 0 Å². The van der Waals surface area contributed by atoms with Crippen molar-refractivity contribution in [3.8, 4) is 0 Å². The average molecular weight is 295 g/mol. The number of furan rings is 1. The van der Waals surface area contributed by atoms with E-state index < -0.39 is 0 Å². The van der Waals surface area contributed by atoms with Gasteiger partial charge in [0.25, 0.3) is 5.91 Å². The molecule has 6 heteroatoms. The largest absolute Gasteiger partial charge is 0.464 e. The molecule has 0 radical (unpaired) electrons. The highest BCUT2D eigenvalue weighted by atomic mass is 16.5. The average Bonchev–Trinajstić information content (AvgIpc) is 2.64. The summed E-state index contributed by atoms with van der Waals surface area (Å²) in [6.45, 7) is 12.4. The minimum Gasteiger partial charge on any atom is -0.464 e. The van der Waals surface area contributed by atoms with Gasteiger partial charge in [-0.3, -0.25) is 15.1 Å². The summed E-state index contributed by atoms with van der Waals surface area (Å²) in [6.07, 6.45) is 0. The maximum absolute atomic E-state index is 11.6. The molecule has 0 aromatic carbocycles. The molecule has 1 aromatic rings. The molecule has 1 fully saturated rings. The van der Waals surface area contributed by atoms with Gasteiger partial charge in [0.2, 0.25) is 0 Å². The third-order valence-electron chi connectivity index (χ3n) is 3.49. The van der Waals surface area contributed by atoms with Gasteiger partial charge in [0.15, 0.2) is 0 Å². The Bertz CT molecular complexity index is 518. The van der Waals surface area contributed by atoms with E-state index in [4.69, 9.17) is 15.0 Å². The summed E-state index contributed by atoms with van der Waals surface area (Å²) in [5, 5.41) is 0. The lowest BCUT2D eigenvalue weighted by molar-refractivity contribution is -0.182. The van der Waals surface area contributed by atoms with Gasteiger partial charge in [-0.15, -0.1) is 0 Å². The van der Waals surface area contributed by atoms with Gasteiger partial charge in [-0.05, 0) is 40.7 Å². The van der Waals surface area contributed by atoms with Crippen LogP contribution in [0.25, 0.3) is 0 Å². The molecule has 1 amide bonds. The highest BCUT2D eigenvalue weighted by Gasteiger charge is 2.38. The SMILES string of the molecule is Cc1oc(CN2CC(C)(C)OC(C)(C)C2)cc1C(=O)NN. The van der Waals surface area contributed by atoms with Crippen molar-refractivity contribution >= 4 is 5.91 Å². The van der Waals surface area contributed by atoms with E-state index in [9.17, 15) is 4.79 Å². The molecule has 118 valence electrons. The van der Waals surface area contributed by atoms with Crippen molar-refractivity contribution in [2.75, 3.05) is 13.1 Å². The number of amides is 1. The Kier molecular flexibility index (Phi) is 4.15. The van der Waals surface area contributed by atoms with E-state index in [1.165, 1.54) is 0 Å². The number of hydrogen-bond acceptors (Lipinski definition) is 5. The Morgan fingerprint density at radius 3 is 2.43 bits per heavy atom. The van der Waals surface area contributed by atoms with Crippen LogP contribution in [0.15, 0.2) is 10.5 Å². The number of ether oxygens (including phenoxy) is 1. The number of hydrazine groups is 1. The lowest BCUT2D eigenvalue weighted by Crippen LogP contribution is -2.56. The van der Waals surface area contributed by atoms with Gasteiger partial charge in [0.05, 0.1) is 23.3 Å². The normalized spacial score (nSPS) is 21.2. The summed E-state index contributed by atoms with van der Waals surface area (Å²) in [7, 11) is 0. The molecule has 1 aliphatic heterocycles. The first kappa shape index (κ1) is 16.0. The van der Waals surface area contributed by atoms with E-state index in [1.807, 2.05) is 0 Å². The van der Waals surface area contributed by atoms with Crippen LogP contribution >= 0.6 is 0 Å². The third kappa shape index (κ3) is 3.84. The Morgan fingerprint density at radius 1 is 1.33 bits per heavy atom. The van der Waals surface area contributed by atoms with Crippen molar-refractivity contribution in [2.24, 2.45) is 5.84 Å². The number of nitrogens with two attached hydrogens (primary N) is 1. The predicted molar refractivity (Wildman–Crippen MR) is 79.6 cm³/mol. The van der Waals surface area contributed by atoms with Crippen LogP contribution in [0.4, 0.5) is 0 Å². The molecule has 0 bridgehead atoms. The van der Waals surface area contributed by atoms with Crippen molar-refractivity contribution in [1.82, 2.24) is 10.3 Å². The summed E-state index contributed by atoms with van der Waals surface area (Å²) in [5.41, 5.74) is 2.20. The Labute approximate surface area is 125 Å². The highest BCUT2D eigenvalue weighted by molar-refractivity contribution is 5.94. The molecule has 1 saturated heterocycles. The van der Waals surface area contributed by atoms with E-state index in [0.717, 1.165) is 18.8 Å². The Balaban J connectivity index is 2.13. The number of nitrogens with zero attached hydrogens (tertiary/aromatic N) is 1. The topological polar surface area (TPSA) is 80.7 Å². The molecule has 2 heterocycles. The molecule has 6 nitrogen and oxygen atoms in total. The summed E-state index contributed by atoms with van der Waals surface area (Å²) in [5.74, 6) is 6.19. The fourth-order valence-electron chi connectivity index (χ4n) is 3.20. The molecule has 0 unspecified atom stereocenters. The molecule has 0 saturated carbocycles. The quantitative estimate of drug-likeness (QED) is 0.503. The third-order valence-corrected chi connectivity index (χ3v) is 3.49. The molecule has 0 aliphatic carbocycles. The van der Waals surface area contributed by atoms with Gasteiger partial charge < -0.3 is 9.15 Å². The molecule has 21 heavy (non-hydrogen) atoms. The molecule has 3 N–H and O–H groups in total. The minimum absolute atomic E-state index is 0.207. The van der Waals surface area contributed by atoms with Crippen LogP contribution in [-0.4, -0.2) is 35.1 Å². The number of rotatable bonds is 3. The number of morpholine rings is 1. The van der Waals surface area contributed by atoms with E-state index in [0.29, 0.717) is 17.9 Å². The van der Waals surface area contributed by atoms with Gasteiger partial charge in [-0.25, -0.2) is 5.84 Å². The van der Waals surface area contributed by atoms with E-state index in [-0.39, 0.29) is 17.1 Å². The number of nitrogens with one attached hydrogen (secondary N) is 1. The molecule has 1 aromatic heterocycles. The summed E-state index contributed by atoms with van der Waals surface area (Å²) < 4.78 is 11.7. The van der Waals surface area contributed by atoms with Gasteiger partial charge in [0, 0.05) is 13.1 Å². The van der Waals surface area contributed by atoms with Crippen molar-refractivity contribution in [3.05, 3.63) is 23.2 Å². The Morgan fingerprint density at radius 2 is 1.90 bits per heavy atom. The fourth-order valence-corrected chi connectivity index (χ4v) is 3.20. The van der Waals surface area contributed by atoms with Crippen molar-refractivity contribution in [2.45, 2.75) is 52.4 Å². The van der Waals surface area contributed by atoms with Gasteiger partial charge >= 0.3 is 0 Å². The number of carbonyl (C=O) groups is 1. The predicted octanol–water partition coefficient (Wildman–Crippen LogP) is 1.58. The summed E-state index contributed by atoms with van der Waals surface area (Å²) in [4.78, 5) is 13.9. The van der Waals surface area contributed by atoms with Crippen molar-refractivity contribution < 1.29 is 13.9 Å². The maximum atomic E-state index is 11.6. The van der Waals surface area contributed by atoms with Gasteiger partial charge in [-0.2, -0.15) is 0 Å². The zero-order valence-electron chi connectivity index (χ0n) is 13.4. The van der Waals surface area contributed by atoms with E-state index in [1.54, 1.807) is 13.0 Å². The van der Waals surface area contributed by atoms with Crippen LogP contribution in [0.2, 0.25) is 0 Å². The molecule has 0 spiro atoms. The maximum Gasteiger partial charge on any atom is 0.268 e. The van der Waals surface area contributed by atoms with Crippen LogP contribution < -0.4 is 11.3 Å². The lowest BCUT2D eigenvalue weighted by atomic mass is 9.99. The van der Waals surface area contributed by atoms with Gasteiger partial charge in [-0.1, -0.05) is 0 Å². The monoisotopic (exact) mass is 295 g/mol. The molecular weight excluding hydrogens is 270 g/mol. The second-order valence-corrected chi connectivity index (χ2v) is 6.92.